The van der Waals surface area contributed by atoms with E-state index in [0.717, 1.165) is 0 Å². The Hall–Kier alpha value is -2.15. The van der Waals surface area contributed by atoms with E-state index in [1.165, 1.54) is 24.4 Å². The minimum atomic E-state index is -1.02. The van der Waals surface area contributed by atoms with Gasteiger partial charge in [0.25, 0.3) is 5.91 Å². The van der Waals surface area contributed by atoms with Crippen LogP contribution < -0.4 is 5.32 Å². The van der Waals surface area contributed by atoms with Crippen molar-refractivity contribution in [3.63, 3.8) is 0 Å². The van der Waals surface area contributed by atoms with Crippen molar-refractivity contribution in [2.45, 2.75) is 6.92 Å². The Balaban J connectivity index is 2.23. The molecule has 6 nitrogen and oxygen atoms in total. The number of aromatic carboxylic acids is 1. The Morgan fingerprint density at radius 3 is 2.68 bits per heavy atom. The maximum Gasteiger partial charge on any atom is 0.335 e. The first-order valence-corrected chi connectivity index (χ1v) is 6.12. The topological polar surface area (TPSA) is 95.1 Å². The number of rotatable bonds is 3. The standard InChI is InChI=1S/C12H10BrN3O3/c1-6-8(5-14-16-6)11(17)15-10-3-2-7(12(18)19)4-9(10)13/h2-5H,1H3,(H,14,16)(H,15,17)(H,18,19). The molecule has 0 spiro atoms. The van der Waals surface area contributed by atoms with E-state index in [0.29, 0.717) is 21.4 Å². The molecule has 7 heteroatoms. The smallest absolute Gasteiger partial charge is 0.335 e. The predicted molar refractivity (Wildman–Crippen MR) is 72.4 cm³/mol. The predicted octanol–water partition coefficient (Wildman–Crippen LogP) is 2.43. The summed E-state index contributed by atoms with van der Waals surface area (Å²) in [4.78, 5) is 22.8. The molecular formula is C12H10BrN3O3. The summed E-state index contributed by atoms with van der Waals surface area (Å²) in [5.41, 5.74) is 1.74. The molecule has 0 unspecified atom stereocenters. The number of nitrogens with one attached hydrogen (secondary N) is 2. The van der Waals surface area contributed by atoms with E-state index >= 15 is 0 Å². The maximum atomic E-state index is 12.0. The highest BCUT2D eigenvalue weighted by Crippen LogP contribution is 2.24. The summed E-state index contributed by atoms with van der Waals surface area (Å²) < 4.78 is 0.502. The molecule has 0 atom stereocenters. The van der Waals surface area contributed by atoms with E-state index in [2.05, 4.69) is 31.4 Å². The van der Waals surface area contributed by atoms with Crippen LogP contribution in [0.25, 0.3) is 0 Å². The van der Waals surface area contributed by atoms with Crippen molar-refractivity contribution in [1.29, 1.82) is 0 Å². The first-order valence-electron chi connectivity index (χ1n) is 5.33. The molecule has 1 amide bonds. The number of carbonyl (C=O) groups excluding carboxylic acids is 1. The second-order valence-electron chi connectivity index (χ2n) is 3.86. The lowest BCUT2D eigenvalue weighted by atomic mass is 10.2. The van der Waals surface area contributed by atoms with Gasteiger partial charge in [-0.15, -0.1) is 0 Å². The summed E-state index contributed by atoms with van der Waals surface area (Å²) in [5, 5.41) is 18.0. The second kappa shape index (κ2) is 5.23. The molecule has 0 aliphatic rings. The van der Waals surface area contributed by atoms with Gasteiger partial charge in [-0.1, -0.05) is 0 Å². The van der Waals surface area contributed by atoms with Gasteiger partial charge in [-0.25, -0.2) is 4.79 Å². The number of carboxylic acids is 1. The summed E-state index contributed by atoms with van der Waals surface area (Å²) in [6, 6.07) is 4.38. The number of hydrogen-bond donors (Lipinski definition) is 3. The van der Waals surface area contributed by atoms with Gasteiger partial charge < -0.3 is 10.4 Å². The molecule has 0 aliphatic carbocycles. The normalized spacial score (nSPS) is 10.2. The molecule has 98 valence electrons. The van der Waals surface area contributed by atoms with Crippen LogP contribution in [0.15, 0.2) is 28.9 Å². The molecule has 0 aliphatic heterocycles. The van der Waals surface area contributed by atoms with Crippen molar-refractivity contribution < 1.29 is 14.7 Å². The van der Waals surface area contributed by atoms with E-state index in [9.17, 15) is 9.59 Å². The highest BCUT2D eigenvalue weighted by molar-refractivity contribution is 9.10. The molecule has 1 aromatic carbocycles. The molecule has 0 saturated heterocycles. The quantitative estimate of drug-likeness (QED) is 0.808. The van der Waals surface area contributed by atoms with Gasteiger partial charge in [0.1, 0.15) is 0 Å². The number of anilines is 1. The molecule has 0 fully saturated rings. The van der Waals surface area contributed by atoms with Gasteiger partial charge in [0.15, 0.2) is 0 Å². The van der Waals surface area contributed by atoms with Crippen LogP contribution in [0.4, 0.5) is 5.69 Å². The lowest BCUT2D eigenvalue weighted by Gasteiger charge is -2.07. The zero-order valence-electron chi connectivity index (χ0n) is 9.90. The van der Waals surface area contributed by atoms with E-state index in [-0.39, 0.29) is 11.5 Å². The first kappa shape index (κ1) is 13.3. The molecule has 0 saturated carbocycles. The summed E-state index contributed by atoms with van der Waals surface area (Å²) >= 11 is 3.22. The molecule has 2 aromatic rings. The van der Waals surface area contributed by atoms with E-state index in [4.69, 9.17) is 5.11 Å². The Labute approximate surface area is 117 Å². The summed E-state index contributed by atoms with van der Waals surface area (Å²) in [6.07, 6.45) is 1.43. The van der Waals surface area contributed by atoms with Crippen molar-refractivity contribution in [2.24, 2.45) is 0 Å². The molecule has 3 N–H and O–H groups in total. The molecule has 2 rings (SSSR count). The van der Waals surface area contributed by atoms with Crippen molar-refractivity contribution in [2.75, 3.05) is 5.32 Å². The number of hydrogen-bond acceptors (Lipinski definition) is 3. The molecule has 0 radical (unpaired) electrons. The number of benzene rings is 1. The van der Waals surface area contributed by atoms with Crippen LogP contribution in [0.2, 0.25) is 0 Å². The minimum Gasteiger partial charge on any atom is -0.478 e. The highest BCUT2D eigenvalue weighted by atomic mass is 79.9. The summed E-state index contributed by atoms with van der Waals surface area (Å²) in [6.45, 7) is 1.74. The highest BCUT2D eigenvalue weighted by Gasteiger charge is 2.13. The van der Waals surface area contributed by atoms with Crippen LogP contribution in [0, 0.1) is 6.92 Å². The van der Waals surface area contributed by atoms with Gasteiger partial charge in [-0.3, -0.25) is 9.89 Å². The van der Waals surface area contributed by atoms with Crippen molar-refractivity contribution >= 4 is 33.5 Å². The van der Waals surface area contributed by atoms with Crippen LogP contribution in [0.5, 0.6) is 0 Å². The number of carbonyl (C=O) groups is 2. The Morgan fingerprint density at radius 1 is 1.42 bits per heavy atom. The zero-order chi connectivity index (χ0) is 14.0. The lowest BCUT2D eigenvalue weighted by molar-refractivity contribution is 0.0696. The van der Waals surface area contributed by atoms with E-state index in [1.54, 1.807) is 6.92 Å². The number of H-pyrrole nitrogens is 1. The van der Waals surface area contributed by atoms with Crippen molar-refractivity contribution in [3.05, 3.63) is 45.7 Å². The monoisotopic (exact) mass is 323 g/mol. The number of carboxylic acid groups (broad SMARTS) is 1. The molecular weight excluding hydrogens is 314 g/mol. The third-order valence-corrected chi connectivity index (χ3v) is 3.19. The number of halogens is 1. The fourth-order valence-electron chi connectivity index (χ4n) is 1.52. The fraction of sp³-hybridized carbons (Fsp3) is 0.0833. The van der Waals surface area contributed by atoms with Crippen LogP contribution in [0.1, 0.15) is 26.4 Å². The maximum absolute atomic E-state index is 12.0. The Kier molecular flexibility index (Phi) is 3.66. The molecule has 19 heavy (non-hydrogen) atoms. The van der Waals surface area contributed by atoms with Gasteiger partial charge in [0, 0.05) is 10.2 Å². The fourth-order valence-corrected chi connectivity index (χ4v) is 2.00. The Morgan fingerprint density at radius 2 is 2.16 bits per heavy atom. The third kappa shape index (κ3) is 2.82. The van der Waals surface area contributed by atoms with Gasteiger partial charge in [-0.2, -0.15) is 5.10 Å². The molecule has 1 heterocycles. The largest absolute Gasteiger partial charge is 0.478 e. The van der Waals surface area contributed by atoms with Gasteiger partial charge in [0.2, 0.25) is 0 Å². The number of aromatic amines is 1. The van der Waals surface area contributed by atoms with Crippen LogP contribution in [0.3, 0.4) is 0 Å². The number of nitrogens with zero attached hydrogens (tertiary/aromatic N) is 1. The van der Waals surface area contributed by atoms with Crippen LogP contribution >= 0.6 is 15.9 Å². The average Bonchev–Trinajstić information content (AvgIpc) is 2.77. The second-order valence-corrected chi connectivity index (χ2v) is 4.72. The van der Waals surface area contributed by atoms with Gasteiger partial charge in [-0.05, 0) is 41.1 Å². The van der Waals surface area contributed by atoms with E-state index < -0.39 is 5.97 Å². The number of aromatic nitrogens is 2. The van der Waals surface area contributed by atoms with Crippen molar-refractivity contribution in [3.8, 4) is 0 Å². The summed E-state index contributed by atoms with van der Waals surface area (Å²) in [5.74, 6) is -1.33. The Bertz CT molecular complexity index is 651. The summed E-state index contributed by atoms with van der Waals surface area (Å²) in [7, 11) is 0. The number of amides is 1. The molecule has 1 aromatic heterocycles. The third-order valence-electron chi connectivity index (χ3n) is 2.54. The zero-order valence-corrected chi connectivity index (χ0v) is 11.5. The van der Waals surface area contributed by atoms with E-state index in [1.807, 2.05) is 0 Å². The van der Waals surface area contributed by atoms with Crippen molar-refractivity contribution in [1.82, 2.24) is 10.2 Å². The lowest BCUT2D eigenvalue weighted by Crippen LogP contribution is -2.13. The first-order chi connectivity index (χ1) is 8.99. The number of aryl methyl sites for hydroxylation is 1. The SMILES string of the molecule is Cc1[nH]ncc1C(=O)Nc1ccc(C(=O)O)cc1Br. The van der Waals surface area contributed by atoms with Crippen LogP contribution in [-0.4, -0.2) is 27.2 Å². The average molecular weight is 324 g/mol. The molecule has 0 bridgehead atoms. The van der Waals surface area contributed by atoms with Crippen LogP contribution in [-0.2, 0) is 0 Å². The minimum absolute atomic E-state index is 0.143. The van der Waals surface area contributed by atoms with Gasteiger partial charge >= 0.3 is 5.97 Å². The van der Waals surface area contributed by atoms with Gasteiger partial charge in [0.05, 0.1) is 23.0 Å².